The second kappa shape index (κ2) is 13.2. The number of hydrogen-bond donors (Lipinski definition) is 0. The fourth-order valence-electron chi connectivity index (χ4n) is 9.70. The van der Waals surface area contributed by atoms with Gasteiger partial charge in [-0.2, -0.15) is 0 Å². The Bertz CT molecular complexity index is 1510. The second-order valence-electron chi connectivity index (χ2n) is 14.7. The van der Waals surface area contributed by atoms with E-state index < -0.39 is 0 Å². The van der Waals surface area contributed by atoms with Crippen molar-refractivity contribution in [3.05, 3.63) is 143 Å². The average Bonchev–Trinajstić information content (AvgIpc) is 3.12. The van der Waals surface area contributed by atoms with Crippen LogP contribution in [0.5, 0.6) is 0 Å². The smallest absolute Gasteiger partial charge is 0.0582 e. The summed E-state index contributed by atoms with van der Waals surface area (Å²) in [6.45, 7) is 0. The summed E-state index contributed by atoms with van der Waals surface area (Å²) < 4.78 is 0. The molecule has 45 heavy (non-hydrogen) atoms. The molecule has 0 radical (unpaired) electrons. The zero-order chi connectivity index (χ0) is 30.0. The molecule has 0 aromatic carbocycles. The molecule has 0 N–H and O–H groups in total. The molecule has 0 aromatic rings. The van der Waals surface area contributed by atoms with Gasteiger partial charge in [-0.05, 0) is 112 Å². The lowest BCUT2D eigenvalue weighted by molar-refractivity contribution is 0.185. The molecule has 0 saturated carbocycles. The van der Waals surface area contributed by atoms with Crippen molar-refractivity contribution in [1.29, 1.82) is 0 Å². The summed E-state index contributed by atoms with van der Waals surface area (Å²) in [5, 5.41) is 0. The van der Waals surface area contributed by atoms with Crippen LogP contribution in [-0.2, 0) is 0 Å². The number of rotatable bonds is 6. The fraction of sp³-hybridized carbons (Fsp3) is 0.455. The molecule has 0 aromatic heterocycles. The van der Waals surface area contributed by atoms with Crippen molar-refractivity contribution in [1.82, 2.24) is 4.90 Å². The standard InChI is InChI=1S/C44H51N/c1-3-15-34(16-4-1)43-23-11-12-25-44(43)45(39-20-5-2-6-21-39)40-30-37(36-27-26-32-14-7-8-18-35(32)28-36)29-38(31-40)42-24-13-19-33-17-9-10-22-41(33)42/h3,5,8-9,11-13,15-20,23-25,27-28,31-33,37-39,41,43-44H,1-2,4,6-7,10,14,21-22,26,29-30H2. The van der Waals surface area contributed by atoms with E-state index in [4.69, 9.17) is 0 Å². The van der Waals surface area contributed by atoms with Gasteiger partial charge in [0.1, 0.15) is 0 Å². The van der Waals surface area contributed by atoms with Gasteiger partial charge in [0.05, 0.1) is 6.04 Å². The molecule has 8 atom stereocenters. The largest absolute Gasteiger partial charge is 0.361 e. The summed E-state index contributed by atoms with van der Waals surface area (Å²) in [4.78, 5) is 2.92. The van der Waals surface area contributed by atoms with E-state index in [-0.39, 0.29) is 0 Å². The maximum Gasteiger partial charge on any atom is 0.0582 e. The van der Waals surface area contributed by atoms with Crippen LogP contribution in [0.3, 0.4) is 0 Å². The van der Waals surface area contributed by atoms with Crippen LogP contribution in [0.2, 0.25) is 0 Å². The highest BCUT2D eigenvalue weighted by atomic mass is 15.2. The maximum absolute atomic E-state index is 2.92. The first-order valence-electron chi connectivity index (χ1n) is 18.3. The second-order valence-corrected chi connectivity index (χ2v) is 14.7. The highest BCUT2D eigenvalue weighted by Crippen LogP contribution is 2.48. The Balaban J connectivity index is 1.20. The predicted molar refractivity (Wildman–Crippen MR) is 190 cm³/mol. The normalized spacial score (nSPS) is 36.8. The molecule has 0 spiro atoms. The summed E-state index contributed by atoms with van der Waals surface area (Å²) in [5.74, 6) is 3.40. The zero-order valence-corrected chi connectivity index (χ0v) is 27.0. The molecule has 8 aliphatic rings. The summed E-state index contributed by atoms with van der Waals surface area (Å²) in [6, 6.07) is 0.800. The summed E-state index contributed by atoms with van der Waals surface area (Å²) in [5.41, 5.74) is 8.01. The zero-order valence-electron chi connectivity index (χ0n) is 27.0. The van der Waals surface area contributed by atoms with Crippen molar-refractivity contribution >= 4 is 0 Å². The number of nitrogens with zero attached hydrogens (tertiary/aromatic N) is 1. The molecule has 0 saturated heterocycles. The molecule has 0 amide bonds. The third-order valence-electron chi connectivity index (χ3n) is 12.0. The maximum atomic E-state index is 2.92. The van der Waals surface area contributed by atoms with Gasteiger partial charge < -0.3 is 4.90 Å². The fourth-order valence-corrected chi connectivity index (χ4v) is 9.70. The van der Waals surface area contributed by atoms with Gasteiger partial charge in [0, 0.05) is 29.5 Å². The van der Waals surface area contributed by atoms with Gasteiger partial charge in [0.15, 0.2) is 0 Å². The SMILES string of the molecule is C1=CC2C=CCCC2C(C2C=C(N(C3C=CCCC3)C3C=CC=CC3C3=CCCC=C3)CC(C3=CCC4CCC=CC4=C3)C2)=C1. The van der Waals surface area contributed by atoms with Crippen LogP contribution < -0.4 is 0 Å². The van der Waals surface area contributed by atoms with Gasteiger partial charge in [0.25, 0.3) is 0 Å². The van der Waals surface area contributed by atoms with Crippen LogP contribution >= 0.6 is 0 Å². The third kappa shape index (κ3) is 6.00. The lowest BCUT2D eigenvalue weighted by Gasteiger charge is -2.47. The van der Waals surface area contributed by atoms with Crippen LogP contribution in [0.25, 0.3) is 0 Å². The lowest BCUT2D eigenvalue weighted by atomic mass is 9.67. The molecule has 0 bridgehead atoms. The minimum atomic E-state index is 0.345. The molecule has 1 heteroatoms. The van der Waals surface area contributed by atoms with Crippen molar-refractivity contribution < 1.29 is 0 Å². The number of hydrogen-bond acceptors (Lipinski definition) is 1. The van der Waals surface area contributed by atoms with E-state index in [0.29, 0.717) is 41.7 Å². The monoisotopic (exact) mass is 593 g/mol. The van der Waals surface area contributed by atoms with E-state index in [1.807, 2.05) is 0 Å². The molecule has 8 rings (SSSR count). The Morgan fingerprint density at radius 3 is 2.47 bits per heavy atom. The van der Waals surface area contributed by atoms with E-state index in [0.717, 1.165) is 12.3 Å². The van der Waals surface area contributed by atoms with Crippen LogP contribution in [0, 0.1) is 35.5 Å². The summed E-state index contributed by atoms with van der Waals surface area (Å²) in [7, 11) is 0. The van der Waals surface area contributed by atoms with E-state index in [1.165, 1.54) is 76.2 Å². The van der Waals surface area contributed by atoms with Crippen molar-refractivity contribution in [2.24, 2.45) is 35.5 Å². The Kier molecular flexibility index (Phi) is 8.53. The molecule has 8 unspecified atom stereocenters. The first-order chi connectivity index (χ1) is 22.3. The van der Waals surface area contributed by atoms with Crippen molar-refractivity contribution in [2.45, 2.75) is 89.1 Å². The first kappa shape index (κ1) is 29.1. The van der Waals surface area contributed by atoms with Crippen molar-refractivity contribution in [3.63, 3.8) is 0 Å². The molecular weight excluding hydrogens is 542 g/mol. The molecular formula is C44H51N. The molecule has 0 aliphatic heterocycles. The minimum Gasteiger partial charge on any atom is -0.361 e. The van der Waals surface area contributed by atoms with Gasteiger partial charge in [-0.3, -0.25) is 0 Å². The predicted octanol–water partition coefficient (Wildman–Crippen LogP) is 11.0. The van der Waals surface area contributed by atoms with Gasteiger partial charge in [-0.15, -0.1) is 0 Å². The Morgan fingerprint density at radius 1 is 0.667 bits per heavy atom. The molecule has 0 fully saturated rings. The van der Waals surface area contributed by atoms with Crippen LogP contribution in [0.1, 0.15) is 77.0 Å². The molecule has 1 nitrogen and oxygen atoms in total. The lowest BCUT2D eigenvalue weighted by Crippen LogP contribution is -2.47. The third-order valence-corrected chi connectivity index (χ3v) is 12.0. The van der Waals surface area contributed by atoms with Crippen LogP contribution in [-0.4, -0.2) is 17.0 Å². The summed E-state index contributed by atoms with van der Waals surface area (Å²) >= 11 is 0. The van der Waals surface area contributed by atoms with E-state index in [1.54, 1.807) is 22.4 Å². The minimum absolute atomic E-state index is 0.345. The molecule has 8 aliphatic carbocycles. The van der Waals surface area contributed by atoms with Crippen molar-refractivity contribution in [3.8, 4) is 0 Å². The van der Waals surface area contributed by atoms with Gasteiger partial charge >= 0.3 is 0 Å². The first-order valence-corrected chi connectivity index (χ1v) is 18.3. The quantitative estimate of drug-likeness (QED) is 0.277. The van der Waals surface area contributed by atoms with Gasteiger partial charge in [-0.1, -0.05) is 121 Å². The number of allylic oxidation sites excluding steroid dienone is 20. The topological polar surface area (TPSA) is 3.24 Å². The summed E-state index contributed by atoms with van der Waals surface area (Å²) in [6.07, 6.45) is 61.9. The van der Waals surface area contributed by atoms with Crippen LogP contribution in [0.15, 0.2) is 143 Å². The Labute approximate surface area is 272 Å². The van der Waals surface area contributed by atoms with E-state index in [2.05, 4.69) is 120 Å². The van der Waals surface area contributed by atoms with Gasteiger partial charge in [-0.25, -0.2) is 0 Å². The highest BCUT2D eigenvalue weighted by molar-refractivity contribution is 5.42. The van der Waals surface area contributed by atoms with E-state index in [9.17, 15) is 0 Å². The highest BCUT2D eigenvalue weighted by Gasteiger charge is 2.39. The Hall–Kier alpha value is -3.32. The molecule has 232 valence electrons. The average molecular weight is 594 g/mol. The Morgan fingerprint density at radius 2 is 1.56 bits per heavy atom. The van der Waals surface area contributed by atoms with Crippen LogP contribution in [0.4, 0.5) is 0 Å². The van der Waals surface area contributed by atoms with Crippen molar-refractivity contribution in [2.75, 3.05) is 0 Å². The van der Waals surface area contributed by atoms with E-state index >= 15 is 0 Å². The molecule has 0 heterocycles. The number of fused-ring (bicyclic) bond motifs is 2. The van der Waals surface area contributed by atoms with Gasteiger partial charge in [0.2, 0.25) is 0 Å².